The van der Waals surface area contributed by atoms with Crippen LogP contribution in [-0.4, -0.2) is 33.9 Å². The van der Waals surface area contributed by atoms with Crippen LogP contribution < -0.4 is 5.32 Å². The van der Waals surface area contributed by atoms with Gasteiger partial charge in [0.1, 0.15) is 5.69 Å². The van der Waals surface area contributed by atoms with Crippen LogP contribution in [0.3, 0.4) is 0 Å². The Kier molecular flexibility index (Phi) is 4.12. The zero-order valence-electron chi connectivity index (χ0n) is 14.6. The molecule has 1 atom stereocenters. The van der Waals surface area contributed by atoms with Gasteiger partial charge in [-0.15, -0.1) is 0 Å². The Bertz CT molecular complexity index is 761. The molecule has 2 fully saturated rings. The number of hydrogen-bond donors (Lipinski definition) is 3. The van der Waals surface area contributed by atoms with Gasteiger partial charge in [0, 0.05) is 17.7 Å². The van der Waals surface area contributed by atoms with Crippen LogP contribution in [0.25, 0.3) is 11.3 Å². The van der Waals surface area contributed by atoms with Gasteiger partial charge in [-0.25, -0.2) is 0 Å². The summed E-state index contributed by atoms with van der Waals surface area (Å²) in [6.07, 6.45) is 5.06. The zero-order valence-corrected chi connectivity index (χ0v) is 14.6. The largest absolute Gasteiger partial charge is 0.393 e. The summed E-state index contributed by atoms with van der Waals surface area (Å²) in [6.45, 7) is 2.65. The third-order valence-electron chi connectivity index (χ3n) is 6.10. The van der Waals surface area contributed by atoms with E-state index in [1.807, 2.05) is 37.3 Å². The molecule has 25 heavy (non-hydrogen) atoms. The second-order valence-corrected chi connectivity index (χ2v) is 7.64. The van der Waals surface area contributed by atoms with Gasteiger partial charge in [-0.2, -0.15) is 5.10 Å². The van der Waals surface area contributed by atoms with Crippen molar-refractivity contribution in [3.05, 3.63) is 41.6 Å². The van der Waals surface area contributed by atoms with Crippen LogP contribution in [0.1, 0.15) is 48.2 Å². The summed E-state index contributed by atoms with van der Waals surface area (Å²) in [5.74, 6) is 0.478. The number of aliphatic hydroxyl groups excluding tert-OH is 1. The SMILES string of the molecule is Cc1c(-c2ccccc2)n[nH]c1C(=O)NCC1CC12CCC(O)CC2. The van der Waals surface area contributed by atoms with Gasteiger partial charge in [0.15, 0.2) is 0 Å². The summed E-state index contributed by atoms with van der Waals surface area (Å²) in [4.78, 5) is 12.5. The summed E-state index contributed by atoms with van der Waals surface area (Å²) >= 11 is 0. The van der Waals surface area contributed by atoms with E-state index in [0.29, 0.717) is 23.6 Å². The molecule has 2 aliphatic rings. The Labute approximate surface area is 147 Å². The van der Waals surface area contributed by atoms with Crippen molar-refractivity contribution < 1.29 is 9.90 Å². The van der Waals surface area contributed by atoms with Crippen LogP contribution in [0.5, 0.6) is 0 Å². The average Bonchev–Trinajstić information content (AvgIpc) is 3.17. The lowest BCUT2D eigenvalue weighted by atomic mass is 9.83. The summed E-state index contributed by atoms with van der Waals surface area (Å²) in [6, 6.07) is 9.90. The topological polar surface area (TPSA) is 78.0 Å². The van der Waals surface area contributed by atoms with E-state index < -0.39 is 0 Å². The van der Waals surface area contributed by atoms with Crippen LogP contribution >= 0.6 is 0 Å². The molecule has 5 nitrogen and oxygen atoms in total. The molecule has 1 spiro atoms. The molecule has 2 aliphatic carbocycles. The maximum atomic E-state index is 12.5. The van der Waals surface area contributed by atoms with Crippen LogP contribution in [0.2, 0.25) is 0 Å². The van der Waals surface area contributed by atoms with Gasteiger partial charge in [-0.3, -0.25) is 9.89 Å². The highest BCUT2D eigenvalue weighted by molar-refractivity contribution is 5.95. The molecule has 0 radical (unpaired) electrons. The molecule has 1 aromatic heterocycles. The minimum absolute atomic E-state index is 0.0786. The Morgan fingerprint density at radius 1 is 1.32 bits per heavy atom. The lowest BCUT2D eigenvalue weighted by molar-refractivity contribution is 0.0910. The number of hydrogen-bond acceptors (Lipinski definition) is 3. The molecule has 0 saturated heterocycles. The quantitative estimate of drug-likeness (QED) is 0.801. The second-order valence-electron chi connectivity index (χ2n) is 7.64. The van der Waals surface area contributed by atoms with E-state index in [2.05, 4.69) is 15.5 Å². The molecule has 3 N–H and O–H groups in total. The predicted molar refractivity (Wildman–Crippen MR) is 96.1 cm³/mol. The van der Waals surface area contributed by atoms with Gasteiger partial charge in [0.05, 0.1) is 11.8 Å². The lowest BCUT2D eigenvalue weighted by Crippen LogP contribution is -2.29. The van der Waals surface area contributed by atoms with Gasteiger partial charge in [0.2, 0.25) is 0 Å². The van der Waals surface area contributed by atoms with E-state index in [-0.39, 0.29) is 12.0 Å². The molecule has 2 saturated carbocycles. The molecule has 5 heteroatoms. The normalized spacial score (nSPS) is 28.1. The standard InChI is InChI=1S/C20H25N3O2/c1-13-17(14-5-3-2-4-6-14)22-23-18(13)19(25)21-12-15-11-20(15)9-7-16(24)8-10-20/h2-6,15-16,24H,7-12H2,1H3,(H,21,25)(H,22,23). The Morgan fingerprint density at radius 2 is 2.04 bits per heavy atom. The first-order valence-electron chi connectivity index (χ1n) is 9.16. The second kappa shape index (κ2) is 6.30. The molecule has 1 aromatic carbocycles. The van der Waals surface area contributed by atoms with E-state index in [1.165, 1.54) is 6.42 Å². The van der Waals surface area contributed by atoms with Gasteiger partial charge < -0.3 is 10.4 Å². The fourth-order valence-electron chi connectivity index (χ4n) is 4.31. The highest BCUT2D eigenvalue weighted by Gasteiger charge is 2.54. The van der Waals surface area contributed by atoms with Crippen molar-refractivity contribution >= 4 is 5.91 Å². The summed E-state index contributed by atoms with van der Waals surface area (Å²) in [5.41, 5.74) is 3.65. The predicted octanol–water partition coefficient (Wildman–Crippen LogP) is 3.06. The number of nitrogens with one attached hydrogen (secondary N) is 2. The summed E-state index contributed by atoms with van der Waals surface area (Å²) in [7, 11) is 0. The number of H-pyrrole nitrogens is 1. The molecule has 4 rings (SSSR count). The molecule has 1 amide bonds. The smallest absolute Gasteiger partial charge is 0.269 e. The van der Waals surface area contributed by atoms with Crippen LogP contribution in [-0.2, 0) is 0 Å². The number of rotatable bonds is 4. The lowest BCUT2D eigenvalue weighted by Gasteiger charge is -2.26. The van der Waals surface area contributed by atoms with E-state index in [9.17, 15) is 9.90 Å². The molecule has 1 unspecified atom stereocenters. The fourth-order valence-corrected chi connectivity index (χ4v) is 4.31. The molecule has 0 aliphatic heterocycles. The first-order valence-corrected chi connectivity index (χ1v) is 9.16. The van der Waals surface area contributed by atoms with Crippen molar-refractivity contribution in [2.45, 2.75) is 45.1 Å². The Hall–Kier alpha value is -2.14. The number of carbonyl (C=O) groups excluding carboxylic acids is 1. The third kappa shape index (κ3) is 3.09. The van der Waals surface area contributed by atoms with Crippen molar-refractivity contribution in [3.63, 3.8) is 0 Å². The molecule has 2 aromatic rings. The zero-order chi connectivity index (χ0) is 17.4. The van der Waals surface area contributed by atoms with Gasteiger partial charge in [-0.1, -0.05) is 30.3 Å². The molecule has 0 bridgehead atoms. The molecular formula is C20H25N3O2. The minimum Gasteiger partial charge on any atom is -0.393 e. The average molecular weight is 339 g/mol. The van der Waals surface area contributed by atoms with Gasteiger partial charge in [-0.05, 0) is 50.4 Å². The van der Waals surface area contributed by atoms with Crippen molar-refractivity contribution in [1.29, 1.82) is 0 Å². The van der Waals surface area contributed by atoms with Crippen molar-refractivity contribution in [1.82, 2.24) is 15.5 Å². The van der Waals surface area contributed by atoms with Crippen LogP contribution in [0, 0.1) is 18.3 Å². The highest BCUT2D eigenvalue weighted by atomic mass is 16.3. The monoisotopic (exact) mass is 339 g/mol. The van der Waals surface area contributed by atoms with E-state index in [4.69, 9.17) is 0 Å². The number of nitrogens with zero attached hydrogens (tertiary/aromatic N) is 1. The number of aliphatic hydroxyl groups is 1. The van der Waals surface area contributed by atoms with Crippen LogP contribution in [0.15, 0.2) is 30.3 Å². The number of amides is 1. The van der Waals surface area contributed by atoms with E-state index in [0.717, 1.165) is 42.5 Å². The minimum atomic E-state index is -0.120. The first kappa shape index (κ1) is 16.3. The number of carbonyl (C=O) groups is 1. The van der Waals surface area contributed by atoms with Gasteiger partial charge >= 0.3 is 0 Å². The molecule has 132 valence electrons. The maximum Gasteiger partial charge on any atom is 0.269 e. The van der Waals surface area contributed by atoms with Crippen molar-refractivity contribution in [3.8, 4) is 11.3 Å². The Morgan fingerprint density at radius 3 is 2.76 bits per heavy atom. The highest BCUT2D eigenvalue weighted by Crippen LogP contribution is 2.61. The van der Waals surface area contributed by atoms with E-state index >= 15 is 0 Å². The molecule has 1 heterocycles. The number of aromatic nitrogens is 2. The summed E-state index contributed by atoms with van der Waals surface area (Å²) < 4.78 is 0. The number of benzene rings is 1. The Balaban J connectivity index is 1.37. The molecular weight excluding hydrogens is 314 g/mol. The van der Waals surface area contributed by atoms with Gasteiger partial charge in [0.25, 0.3) is 5.91 Å². The maximum absolute atomic E-state index is 12.5. The number of aromatic amines is 1. The first-order chi connectivity index (χ1) is 12.1. The summed E-state index contributed by atoms with van der Waals surface area (Å²) in [5, 5.41) is 20.0. The third-order valence-corrected chi connectivity index (χ3v) is 6.10. The van der Waals surface area contributed by atoms with Crippen molar-refractivity contribution in [2.75, 3.05) is 6.54 Å². The van der Waals surface area contributed by atoms with E-state index in [1.54, 1.807) is 0 Å². The van der Waals surface area contributed by atoms with Crippen LogP contribution in [0.4, 0.5) is 0 Å². The van der Waals surface area contributed by atoms with Crippen molar-refractivity contribution in [2.24, 2.45) is 11.3 Å². The fraction of sp³-hybridized carbons (Fsp3) is 0.500.